The van der Waals surface area contributed by atoms with Crippen LogP contribution in [-0.4, -0.2) is 18.5 Å². The van der Waals surface area contributed by atoms with E-state index in [1.165, 1.54) is 0 Å². The number of carbonyl (C=O) groups excluding carboxylic acids is 2. The van der Waals surface area contributed by atoms with Crippen molar-refractivity contribution in [3.05, 3.63) is 30.1 Å². The molecule has 5 heteroatoms. The zero-order valence-corrected chi connectivity index (χ0v) is 10.2. The average Bonchev–Trinajstić information content (AvgIpc) is 2.29. The van der Waals surface area contributed by atoms with Gasteiger partial charge >= 0.3 is 6.03 Å². The number of hydrogen-bond acceptors (Lipinski definition) is 2. The van der Waals surface area contributed by atoms with Crippen LogP contribution in [0.1, 0.15) is 18.9 Å². The first kappa shape index (κ1) is 13.2. The van der Waals surface area contributed by atoms with Gasteiger partial charge in [0, 0.05) is 18.7 Å². The van der Waals surface area contributed by atoms with Crippen molar-refractivity contribution >= 4 is 11.9 Å². The first-order chi connectivity index (χ1) is 8.11. The van der Waals surface area contributed by atoms with Crippen LogP contribution in [0.25, 0.3) is 0 Å². The van der Waals surface area contributed by atoms with E-state index >= 15 is 0 Å². The molecule has 1 aromatic rings. The Kier molecular flexibility index (Phi) is 5.13. The maximum Gasteiger partial charge on any atom is 0.321 e. The molecule has 0 aromatic carbocycles. The number of hydrogen-bond donors (Lipinski definition) is 2. The Morgan fingerprint density at radius 2 is 1.94 bits per heavy atom. The van der Waals surface area contributed by atoms with Crippen molar-refractivity contribution in [2.24, 2.45) is 0 Å². The molecule has 0 aliphatic heterocycles. The van der Waals surface area contributed by atoms with Crippen LogP contribution in [0.15, 0.2) is 24.5 Å². The minimum Gasteiger partial charge on any atom is -0.338 e. The van der Waals surface area contributed by atoms with Gasteiger partial charge in [0.05, 0.1) is 0 Å². The lowest BCUT2D eigenvalue weighted by molar-refractivity contribution is -0.684. The fourth-order valence-corrected chi connectivity index (χ4v) is 1.25. The minimum atomic E-state index is -0.440. The molecule has 1 heterocycles. The monoisotopic (exact) mass is 236 g/mol. The molecule has 1 rings (SSSR count). The van der Waals surface area contributed by atoms with Crippen molar-refractivity contribution in [2.45, 2.75) is 26.8 Å². The molecule has 17 heavy (non-hydrogen) atoms. The second-order valence-electron chi connectivity index (χ2n) is 3.85. The van der Waals surface area contributed by atoms with Gasteiger partial charge in [-0.2, -0.15) is 4.57 Å². The minimum absolute atomic E-state index is 0.139. The number of urea groups is 1. The van der Waals surface area contributed by atoms with Gasteiger partial charge in [-0.15, -0.1) is 0 Å². The summed E-state index contributed by atoms with van der Waals surface area (Å²) in [6, 6.07) is 3.37. The van der Waals surface area contributed by atoms with E-state index in [2.05, 4.69) is 10.6 Å². The third kappa shape index (κ3) is 5.10. The second-order valence-corrected chi connectivity index (χ2v) is 3.85. The maximum absolute atomic E-state index is 11.5. The lowest BCUT2D eigenvalue weighted by atomic mass is 10.3. The van der Waals surface area contributed by atoms with Crippen molar-refractivity contribution in [1.82, 2.24) is 10.6 Å². The van der Waals surface area contributed by atoms with Crippen molar-refractivity contribution < 1.29 is 14.2 Å². The number of pyridine rings is 1. The summed E-state index contributed by atoms with van der Waals surface area (Å²) in [4.78, 5) is 22.7. The highest BCUT2D eigenvalue weighted by Gasteiger charge is 2.11. The van der Waals surface area contributed by atoms with Crippen molar-refractivity contribution in [2.75, 3.05) is 6.54 Å². The summed E-state index contributed by atoms with van der Waals surface area (Å²) in [5.74, 6) is -0.326. The Bertz CT molecular complexity index is 387. The van der Waals surface area contributed by atoms with E-state index in [1.807, 2.05) is 26.0 Å². The third-order valence-electron chi connectivity index (χ3n) is 2.17. The van der Waals surface area contributed by atoms with Crippen LogP contribution in [0, 0.1) is 6.92 Å². The molecular formula is C12H18N3O2+. The van der Waals surface area contributed by atoms with E-state index in [1.54, 1.807) is 17.0 Å². The Hall–Kier alpha value is -1.91. The van der Waals surface area contributed by atoms with Crippen LogP contribution < -0.4 is 15.2 Å². The van der Waals surface area contributed by atoms with E-state index in [-0.39, 0.29) is 12.5 Å². The third-order valence-corrected chi connectivity index (χ3v) is 2.17. The van der Waals surface area contributed by atoms with Gasteiger partial charge in [0.25, 0.3) is 5.91 Å². The van der Waals surface area contributed by atoms with E-state index < -0.39 is 6.03 Å². The number of aryl methyl sites for hydroxylation is 1. The first-order valence-electron chi connectivity index (χ1n) is 5.65. The number of rotatable bonds is 4. The smallest absolute Gasteiger partial charge is 0.321 e. The van der Waals surface area contributed by atoms with Crippen LogP contribution in [-0.2, 0) is 11.3 Å². The SMILES string of the molecule is CCCNC(=O)NC(=O)C[n+]1ccc(C)cc1. The highest BCUT2D eigenvalue weighted by atomic mass is 16.2. The van der Waals surface area contributed by atoms with Crippen LogP contribution in [0.3, 0.4) is 0 Å². The lowest BCUT2D eigenvalue weighted by Gasteiger charge is -2.03. The quantitative estimate of drug-likeness (QED) is 0.749. The normalized spacial score (nSPS) is 9.76. The predicted molar refractivity (Wildman–Crippen MR) is 63.2 cm³/mol. The molecule has 2 N–H and O–H groups in total. The number of carbonyl (C=O) groups is 2. The summed E-state index contributed by atoms with van der Waals surface area (Å²) in [6.45, 7) is 4.63. The Balaban J connectivity index is 2.39. The molecule has 92 valence electrons. The van der Waals surface area contributed by atoms with Crippen LogP contribution in [0.2, 0.25) is 0 Å². The van der Waals surface area contributed by atoms with E-state index in [4.69, 9.17) is 0 Å². The number of aromatic nitrogens is 1. The molecule has 1 aromatic heterocycles. The summed E-state index contributed by atoms with van der Waals surface area (Å²) in [5.41, 5.74) is 1.13. The van der Waals surface area contributed by atoms with Gasteiger partial charge in [-0.25, -0.2) is 4.79 Å². The molecule has 0 radical (unpaired) electrons. The molecule has 0 unspecified atom stereocenters. The Morgan fingerprint density at radius 1 is 1.29 bits per heavy atom. The zero-order valence-electron chi connectivity index (χ0n) is 10.2. The number of nitrogens with one attached hydrogen (secondary N) is 2. The lowest BCUT2D eigenvalue weighted by Crippen LogP contribution is -2.47. The molecule has 0 saturated carbocycles. The van der Waals surface area contributed by atoms with Crippen molar-refractivity contribution in [3.63, 3.8) is 0 Å². The molecule has 5 nitrogen and oxygen atoms in total. The van der Waals surface area contributed by atoms with Gasteiger partial charge in [0.15, 0.2) is 12.4 Å². The van der Waals surface area contributed by atoms with Gasteiger partial charge in [0.2, 0.25) is 6.54 Å². The molecule has 0 saturated heterocycles. The molecule has 0 bridgehead atoms. The van der Waals surface area contributed by atoms with E-state index in [9.17, 15) is 9.59 Å². The summed E-state index contributed by atoms with van der Waals surface area (Å²) in [5, 5.41) is 4.85. The Labute approximate surface area is 101 Å². The molecule has 3 amide bonds. The fourth-order valence-electron chi connectivity index (χ4n) is 1.25. The largest absolute Gasteiger partial charge is 0.338 e. The Morgan fingerprint density at radius 3 is 2.53 bits per heavy atom. The summed E-state index contributed by atoms with van der Waals surface area (Å²) in [6.07, 6.45) is 4.45. The highest BCUT2D eigenvalue weighted by Crippen LogP contribution is 1.89. The number of nitrogens with zero attached hydrogens (tertiary/aromatic N) is 1. The molecule has 0 spiro atoms. The summed E-state index contributed by atoms with van der Waals surface area (Å²) < 4.78 is 1.72. The molecule has 0 fully saturated rings. The molecule has 0 aliphatic carbocycles. The van der Waals surface area contributed by atoms with Crippen molar-refractivity contribution in [3.8, 4) is 0 Å². The second kappa shape index (κ2) is 6.62. The van der Waals surface area contributed by atoms with Crippen LogP contribution in [0.5, 0.6) is 0 Å². The molecular weight excluding hydrogens is 218 g/mol. The average molecular weight is 236 g/mol. The topological polar surface area (TPSA) is 62.1 Å². The summed E-state index contributed by atoms with van der Waals surface area (Å²) in [7, 11) is 0. The van der Waals surface area contributed by atoms with E-state index in [0.29, 0.717) is 6.54 Å². The van der Waals surface area contributed by atoms with Gasteiger partial charge in [-0.3, -0.25) is 10.1 Å². The standard InChI is InChI=1S/C12H17N3O2/c1-3-6-13-12(17)14-11(16)9-15-7-4-10(2)5-8-15/h4-5,7-8H,3,6,9H2,1-2H3,(H-,13,14,16,17)/p+1. The van der Waals surface area contributed by atoms with Gasteiger partial charge < -0.3 is 5.32 Å². The van der Waals surface area contributed by atoms with Crippen LogP contribution >= 0.6 is 0 Å². The van der Waals surface area contributed by atoms with Crippen molar-refractivity contribution in [1.29, 1.82) is 0 Å². The molecule has 0 aliphatic rings. The fraction of sp³-hybridized carbons (Fsp3) is 0.417. The zero-order chi connectivity index (χ0) is 12.7. The van der Waals surface area contributed by atoms with E-state index in [0.717, 1.165) is 12.0 Å². The van der Waals surface area contributed by atoms with Gasteiger partial charge in [-0.05, 0) is 18.9 Å². The summed E-state index contributed by atoms with van der Waals surface area (Å²) >= 11 is 0. The number of amides is 3. The predicted octanol–water partition coefficient (Wildman–Crippen LogP) is 0.518. The van der Waals surface area contributed by atoms with Gasteiger partial charge in [0.1, 0.15) is 0 Å². The molecule has 0 atom stereocenters. The maximum atomic E-state index is 11.5. The van der Waals surface area contributed by atoms with Crippen LogP contribution in [0.4, 0.5) is 4.79 Å². The van der Waals surface area contributed by atoms with Gasteiger partial charge in [-0.1, -0.05) is 6.92 Å². The number of imide groups is 1. The first-order valence-corrected chi connectivity index (χ1v) is 5.65. The highest BCUT2D eigenvalue weighted by molar-refractivity contribution is 5.93.